The number of hydrogen-bond acceptors (Lipinski definition) is 4. The molecule has 0 radical (unpaired) electrons. The fourth-order valence-corrected chi connectivity index (χ4v) is 2.56. The minimum absolute atomic E-state index is 0.0913. The van der Waals surface area contributed by atoms with E-state index >= 15 is 0 Å². The second kappa shape index (κ2) is 8.36. The Bertz CT molecular complexity index is 774. The van der Waals surface area contributed by atoms with E-state index in [2.05, 4.69) is 15.5 Å². The van der Waals surface area contributed by atoms with Crippen LogP contribution in [0, 0.1) is 0 Å². The van der Waals surface area contributed by atoms with E-state index in [4.69, 9.17) is 27.9 Å². The molecule has 8 heteroatoms. The van der Waals surface area contributed by atoms with E-state index in [0.29, 0.717) is 21.3 Å². The Morgan fingerprint density at radius 2 is 1.96 bits per heavy atom. The summed E-state index contributed by atoms with van der Waals surface area (Å²) < 4.78 is 5.06. The summed E-state index contributed by atoms with van der Waals surface area (Å²) in [6, 6.07) is 4.81. The van der Waals surface area contributed by atoms with Crippen molar-refractivity contribution >= 4 is 35.1 Å². The fourth-order valence-electron chi connectivity index (χ4n) is 2.26. The van der Waals surface area contributed by atoms with E-state index in [9.17, 15) is 9.59 Å². The van der Waals surface area contributed by atoms with Crippen molar-refractivity contribution in [2.24, 2.45) is 0 Å². The third kappa shape index (κ3) is 4.96. The van der Waals surface area contributed by atoms with Gasteiger partial charge in [-0.3, -0.25) is 9.89 Å². The second-order valence-corrected chi connectivity index (χ2v) is 6.71. The van der Waals surface area contributed by atoms with Crippen LogP contribution in [-0.2, 0) is 9.53 Å². The lowest BCUT2D eigenvalue weighted by Gasteiger charge is -2.15. The summed E-state index contributed by atoms with van der Waals surface area (Å²) in [7, 11) is 0. The number of aromatic nitrogens is 2. The average Bonchev–Trinajstić information content (AvgIpc) is 3.05. The molecule has 6 nitrogen and oxygen atoms in total. The summed E-state index contributed by atoms with van der Waals surface area (Å²) in [5.74, 6) is -0.912. The zero-order valence-electron chi connectivity index (χ0n) is 14.1. The van der Waals surface area contributed by atoms with Crippen molar-refractivity contribution in [3.8, 4) is 0 Å². The van der Waals surface area contributed by atoms with Gasteiger partial charge in [0, 0.05) is 0 Å². The summed E-state index contributed by atoms with van der Waals surface area (Å²) in [5, 5.41) is 10.2. The maximum Gasteiger partial charge on any atom is 0.342 e. The number of hydrogen-bond donors (Lipinski definition) is 2. The van der Waals surface area contributed by atoms with Crippen LogP contribution in [0.2, 0.25) is 10.0 Å². The number of nitrogens with one attached hydrogen (secondary N) is 2. The lowest BCUT2D eigenvalue weighted by atomic mass is 10.1. The minimum Gasteiger partial charge on any atom is -0.452 e. The smallest absolute Gasteiger partial charge is 0.342 e. The van der Waals surface area contributed by atoms with Gasteiger partial charge in [-0.2, -0.15) is 5.10 Å². The lowest BCUT2D eigenvalue weighted by molar-refractivity contribution is -0.124. The van der Waals surface area contributed by atoms with Crippen molar-refractivity contribution in [1.82, 2.24) is 15.5 Å². The van der Waals surface area contributed by atoms with Crippen molar-refractivity contribution in [3.05, 3.63) is 51.3 Å². The van der Waals surface area contributed by atoms with Gasteiger partial charge in [0.1, 0.15) is 5.56 Å². The number of carbonyl (C=O) groups is 2. The van der Waals surface area contributed by atoms with Crippen LogP contribution < -0.4 is 5.32 Å². The maximum absolute atomic E-state index is 12.1. The number of aromatic amines is 1. The molecule has 1 amide bonds. The van der Waals surface area contributed by atoms with Crippen molar-refractivity contribution in [3.63, 3.8) is 0 Å². The number of halogens is 2. The summed E-state index contributed by atoms with van der Waals surface area (Å²) in [6.07, 6.45) is 1.40. The van der Waals surface area contributed by atoms with E-state index in [1.54, 1.807) is 25.1 Å². The average molecular weight is 384 g/mol. The molecule has 2 aromatic rings. The predicted octanol–water partition coefficient (Wildman–Crippen LogP) is 3.87. The number of benzene rings is 1. The van der Waals surface area contributed by atoms with Crippen LogP contribution in [0.4, 0.5) is 0 Å². The van der Waals surface area contributed by atoms with Gasteiger partial charge in [-0.1, -0.05) is 43.1 Å². The lowest BCUT2D eigenvalue weighted by Crippen LogP contribution is -2.31. The molecule has 1 aromatic carbocycles. The first kappa shape index (κ1) is 19.3. The van der Waals surface area contributed by atoms with Gasteiger partial charge in [-0.15, -0.1) is 0 Å². The molecule has 1 aromatic heterocycles. The SMILES string of the molecule is CC(C)c1[nH]ncc1C(=O)OCC(=O)NC(C)c1ccc(Cl)c(Cl)c1. The topological polar surface area (TPSA) is 84.1 Å². The molecule has 25 heavy (non-hydrogen) atoms. The van der Waals surface area contributed by atoms with Crippen molar-refractivity contribution in [1.29, 1.82) is 0 Å². The number of carbonyl (C=O) groups excluding carboxylic acids is 2. The molecule has 0 spiro atoms. The van der Waals surface area contributed by atoms with E-state index in [1.807, 2.05) is 13.8 Å². The Labute approximate surface area is 155 Å². The second-order valence-electron chi connectivity index (χ2n) is 5.89. The molecule has 0 fully saturated rings. The van der Waals surface area contributed by atoms with Crippen LogP contribution >= 0.6 is 23.2 Å². The van der Waals surface area contributed by atoms with Gasteiger partial charge >= 0.3 is 5.97 Å². The Morgan fingerprint density at radius 3 is 2.60 bits per heavy atom. The summed E-state index contributed by atoms with van der Waals surface area (Å²) in [6.45, 7) is 5.27. The first-order valence-electron chi connectivity index (χ1n) is 7.74. The van der Waals surface area contributed by atoms with E-state index in [1.165, 1.54) is 6.20 Å². The molecule has 2 rings (SSSR count). The first-order chi connectivity index (χ1) is 11.8. The van der Waals surface area contributed by atoms with Crippen LogP contribution in [0.5, 0.6) is 0 Å². The van der Waals surface area contributed by atoms with Crippen molar-refractivity contribution in [2.75, 3.05) is 6.61 Å². The van der Waals surface area contributed by atoms with Gasteiger partial charge < -0.3 is 10.1 Å². The molecular formula is C17H19Cl2N3O3. The molecule has 1 unspecified atom stereocenters. The highest BCUT2D eigenvalue weighted by molar-refractivity contribution is 6.42. The van der Waals surface area contributed by atoms with Crippen molar-refractivity contribution in [2.45, 2.75) is 32.7 Å². The predicted molar refractivity (Wildman–Crippen MR) is 96.0 cm³/mol. The quantitative estimate of drug-likeness (QED) is 0.741. The molecular weight excluding hydrogens is 365 g/mol. The van der Waals surface area contributed by atoms with Crippen LogP contribution in [0.1, 0.15) is 54.3 Å². The summed E-state index contributed by atoms with van der Waals surface area (Å²) in [4.78, 5) is 24.1. The highest BCUT2D eigenvalue weighted by atomic mass is 35.5. The summed E-state index contributed by atoms with van der Waals surface area (Å²) in [5.41, 5.74) is 1.81. The fraction of sp³-hybridized carbons (Fsp3) is 0.353. The zero-order valence-corrected chi connectivity index (χ0v) is 15.6. The van der Waals surface area contributed by atoms with Gasteiger partial charge in [0.25, 0.3) is 5.91 Å². The molecule has 0 saturated heterocycles. The molecule has 0 aliphatic carbocycles. The molecule has 134 valence electrons. The van der Waals surface area contributed by atoms with E-state index in [-0.39, 0.29) is 18.6 Å². The number of nitrogens with zero attached hydrogens (tertiary/aromatic N) is 1. The molecule has 2 N–H and O–H groups in total. The molecule has 0 saturated carbocycles. The third-order valence-electron chi connectivity index (χ3n) is 3.62. The van der Waals surface area contributed by atoms with Gasteiger partial charge in [0.05, 0.1) is 28.0 Å². The number of rotatable bonds is 6. The van der Waals surface area contributed by atoms with Crippen LogP contribution in [0.3, 0.4) is 0 Å². The Morgan fingerprint density at radius 1 is 1.24 bits per heavy atom. The number of amides is 1. The van der Waals surface area contributed by atoms with Crippen LogP contribution in [0.25, 0.3) is 0 Å². The standard InChI is InChI=1S/C17H19Cl2N3O3/c1-9(2)16-12(7-20-22-16)17(24)25-8-15(23)21-10(3)11-4-5-13(18)14(19)6-11/h4-7,9-10H,8H2,1-3H3,(H,20,22)(H,21,23). The van der Waals surface area contributed by atoms with Gasteiger partial charge in [-0.05, 0) is 30.5 Å². The molecule has 0 aliphatic heterocycles. The molecule has 1 heterocycles. The Kier molecular flexibility index (Phi) is 6.45. The Balaban J connectivity index is 1.90. The third-order valence-corrected chi connectivity index (χ3v) is 4.36. The zero-order chi connectivity index (χ0) is 18.6. The largest absolute Gasteiger partial charge is 0.452 e. The number of ether oxygens (including phenoxy) is 1. The molecule has 1 atom stereocenters. The number of H-pyrrole nitrogens is 1. The molecule has 0 aliphatic rings. The van der Waals surface area contributed by atoms with Crippen LogP contribution in [0.15, 0.2) is 24.4 Å². The highest BCUT2D eigenvalue weighted by Crippen LogP contribution is 2.25. The van der Waals surface area contributed by atoms with Gasteiger partial charge in [0.2, 0.25) is 0 Å². The number of esters is 1. The highest BCUT2D eigenvalue weighted by Gasteiger charge is 2.19. The molecule has 0 bridgehead atoms. The van der Waals surface area contributed by atoms with Crippen LogP contribution in [-0.4, -0.2) is 28.7 Å². The Hall–Kier alpha value is -2.05. The van der Waals surface area contributed by atoms with Gasteiger partial charge in [-0.25, -0.2) is 4.79 Å². The van der Waals surface area contributed by atoms with E-state index < -0.39 is 11.9 Å². The van der Waals surface area contributed by atoms with E-state index in [0.717, 1.165) is 5.56 Å². The van der Waals surface area contributed by atoms with Crippen molar-refractivity contribution < 1.29 is 14.3 Å². The first-order valence-corrected chi connectivity index (χ1v) is 8.50. The summed E-state index contributed by atoms with van der Waals surface area (Å²) >= 11 is 11.8. The van der Waals surface area contributed by atoms with Gasteiger partial charge in [0.15, 0.2) is 6.61 Å². The maximum atomic E-state index is 12.1. The minimum atomic E-state index is -0.588. The monoisotopic (exact) mass is 383 g/mol. The normalized spacial score (nSPS) is 12.1.